The summed E-state index contributed by atoms with van der Waals surface area (Å²) in [6, 6.07) is -1.06. The zero-order chi connectivity index (χ0) is 22.2. The Morgan fingerprint density at radius 1 is 0.690 bits per heavy atom. The van der Waals surface area contributed by atoms with Crippen LogP contribution in [0, 0.1) is 0 Å². The van der Waals surface area contributed by atoms with Crippen molar-refractivity contribution in [1.82, 2.24) is 0 Å². The second-order valence-corrected chi connectivity index (χ2v) is 7.90. The van der Waals surface area contributed by atoms with E-state index in [4.69, 9.17) is 21.1 Å². The first-order chi connectivity index (χ1) is 14.0. The number of aliphatic carboxylic acids is 2. The summed E-state index contributed by atoms with van der Waals surface area (Å²) >= 11 is 0. The maximum absolute atomic E-state index is 9.99. The second-order valence-electron chi connectivity index (χ2n) is 7.90. The van der Waals surface area contributed by atoms with Crippen LogP contribution in [0.15, 0.2) is 0 Å². The molecule has 0 aliphatic heterocycles. The Bertz CT molecular complexity index is 347. The second kappa shape index (κ2) is 24.9. The van der Waals surface area contributed by atoms with Gasteiger partial charge in [0.1, 0.15) is 6.04 Å². The summed E-state index contributed by atoms with van der Waals surface area (Å²) in [4.78, 5) is 19.9. The molecule has 0 aliphatic carbocycles. The summed E-state index contributed by atoms with van der Waals surface area (Å²) in [6.45, 7) is 2.66. The number of hydrogen-bond acceptors (Lipinski definition) is 4. The van der Waals surface area contributed by atoms with Crippen LogP contribution in [-0.4, -0.2) is 39.9 Å². The van der Waals surface area contributed by atoms with Gasteiger partial charge in [0.05, 0.1) is 0 Å². The highest BCUT2D eigenvalue weighted by Crippen LogP contribution is 2.13. The fraction of sp³-hybridized carbons (Fsp3) is 0.913. The maximum Gasteiger partial charge on any atom is 0.320 e. The number of carboxylic acid groups (broad SMARTS) is 2. The van der Waals surface area contributed by atoms with E-state index >= 15 is 0 Å². The molecule has 0 aliphatic rings. The molecule has 0 rings (SSSR count). The summed E-state index contributed by atoms with van der Waals surface area (Å²) in [5.41, 5.74) is 5.00. The van der Waals surface area contributed by atoms with Crippen molar-refractivity contribution in [3.05, 3.63) is 0 Å². The van der Waals surface area contributed by atoms with Crippen LogP contribution in [-0.2, 0) is 9.59 Å². The van der Waals surface area contributed by atoms with Crippen LogP contribution in [0.2, 0.25) is 0 Å². The minimum absolute atomic E-state index is 0.0231. The summed E-state index contributed by atoms with van der Waals surface area (Å²) in [5, 5.41) is 24.9. The molecule has 0 amide bonds. The van der Waals surface area contributed by atoms with Gasteiger partial charge in [-0.3, -0.25) is 9.59 Å². The van der Waals surface area contributed by atoms with Crippen molar-refractivity contribution >= 4 is 11.9 Å². The number of carboxylic acids is 2. The average Bonchev–Trinajstić information content (AvgIpc) is 2.69. The van der Waals surface area contributed by atoms with Gasteiger partial charge in [0, 0.05) is 13.0 Å². The summed E-state index contributed by atoms with van der Waals surface area (Å²) < 4.78 is 0. The Hall–Kier alpha value is -1.14. The Labute approximate surface area is 178 Å². The molecule has 6 heteroatoms. The van der Waals surface area contributed by atoms with Crippen LogP contribution >= 0.6 is 0 Å². The Balaban J connectivity index is 0. The van der Waals surface area contributed by atoms with Gasteiger partial charge in [0.25, 0.3) is 0 Å². The molecule has 0 radical (unpaired) electrons. The first-order valence-electron chi connectivity index (χ1n) is 11.8. The first kappa shape index (κ1) is 30.1. The molecule has 0 saturated carbocycles. The van der Waals surface area contributed by atoms with E-state index in [9.17, 15) is 9.59 Å². The zero-order valence-corrected chi connectivity index (χ0v) is 18.7. The lowest BCUT2D eigenvalue weighted by Crippen LogP contribution is -2.30. The molecular weight excluding hydrogens is 370 g/mol. The van der Waals surface area contributed by atoms with Crippen LogP contribution in [0.1, 0.15) is 122 Å². The summed E-state index contributed by atoms with van der Waals surface area (Å²) in [7, 11) is 0. The summed E-state index contributed by atoms with van der Waals surface area (Å²) in [5.74, 6) is -2.20. The predicted octanol–water partition coefficient (Wildman–Crippen LogP) is 5.50. The lowest BCUT2D eigenvalue weighted by Gasteiger charge is -2.03. The highest BCUT2D eigenvalue weighted by molar-refractivity contribution is 5.74. The number of nitrogens with two attached hydrogens (primary N) is 1. The fourth-order valence-corrected chi connectivity index (χ4v) is 3.06. The number of unbranched alkanes of at least 4 members (excludes halogenated alkanes) is 15. The SMILES string of the molecule is CCCCCCCCCCCCCCCCCCO.N[C@@H](CCC(=O)O)C(=O)O. The molecular formula is C23H47NO5. The van der Waals surface area contributed by atoms with E-state index in [2.05, 4.69) is 6.92 Å². The molecule has 0 saturated heterocycles. The average molecular weight is 418 g/mol. The minimum Gasteiger partial charge on any atom is -0.481 e. The normalized spacial score (nSPS) is 11.6. The van der Waals surface area contributed by atoms with Crippen LogP contribution in [0.3, 0.4) is 0 Å². The third kappa shape index (κ3) is 29.2. The van der Waals surface area contributed by atoms with Gasteiger partial charge in [-0.05, 0) is 12.8 Å². The maximum atomic E-state index is 9.99. The molecule has 1 atom stereocenters. The topological polar surface area (TPSA) is 121 Å². The summed E-state index contributed by atoms with van der Waals surface area (Å²) in [6.07, 6.45) is 21.9. The monoisotopic (exact) mass is 417 g/mol. The zero-order valence-electron chi connectivity index (χ0n) is 18.7. The highest BCUT2D eigenvalue weighted by atomic mass is 16.4. The molecule has 5 N–H and O–H groups in total. The number of hydrogen-bond donors (Lipinski definition) is 4. The molecule has 0 aromatic carbocycles. The number of aliphatic hydroxyl groups is 1. The van der Waals surface area contributed by atoms with Gasteiger partial charge in [-0.15, -0.1) is 0 Å². The van der Waals surface area contributed by atoms with Crippen molar-refractivity contribution in [1.29, 1.82) is 0 Å². The first-order valence-corrected chi connectivity index (χ1v) is 11.8. The van der Waals surface area contributed by atoms with Gasteiger partial charge < -0.3 is 21.1 Å². The van der Waals surface area contributed by atoms with E-state index in [0.717, 1.165) is 6.42 Å². The molecule has 29 heavy (non-hydrogen) atoms. The number of carbonyl (C=O) groups is 2. The van der Waals surface area contributed by atoms with Crippen molar-refractivity contribution in [2.75, 3.05) is 6.61 Å². The minimum atomic E-state index is -1.17. The van der Waals surface area contributed by atoms with Crippen molar-refractivity contribution in [3.8, 4) is 0 Å². The van der Waals surface area contributed by atoms with Gasteiger partial charge in [0.15, 0.2) is 0 Å². The van der Waals surface area contributed by atoms with Crippen molar-refractivity contribution in [2.45, 2.75) is 129 Å². The predicted molar refractivity (Wildman–Crippen MR) is 119 cm³/mol. The lowest BCUT2D eigenvalue weighted by molar-refractivity contribution is -0.139. The van der Waals surface area contributed by atoms with Crippen LogP contribution in [0.25, 0.3) is 0 Å². The smallest absolute Gasteiger partial charge is 0.320 e. The third-order valence-electron chi connectivity index (χ3n) is 5.00. The Kier molecular flexibility index (Phi) is 25.8. The lowest BCUT2D eigenvalue weighted by atomic mass is 10.0. The van der Waals surface area contributed by atoms with Crippen molar-refractivity contribution in [3.63, 3.8) is 0 Å². The van der Waals surface area contributed by atoms with Gasteiger partial charge in [-0.1, -0.05) is 103 Å². The Morgan fingerprint density at radius 3 is 1.31 bits per heavy atom. The van der Waals surface area contributed by atoms with Crippen LogP contribution in [0.5, 0.6) is 0 Å². The van der Waals surface area contributed by atoms with Gasteiger partial charge in [0.2, 0.25) is 0 Å². The highest BCUT2D eigenvalue weighted by Gasteiger charge is 2.12. The fourth-order valence-electron chi connectivity index (χ4n) is 3.06. The number of aliphatic hydroxyl groups excluding tert-OH is 1. The van der Waals surface area contributed by atoms with Gasteiger partial charge >= 0.3 is 11.9 Å². The van der Waals surface area contributed by atoms with E-state index in [0.29, 0.717) is 6.61 Å². The largest absolute Gasteiger partial charge is 0.481 e. The van der Waals surface area contributed by atoms with Gasteiger partial charge in [-0.25, -0.2) is 0 Å². The van der Waals surface area contributed by atoms with E-state index in [1.807, 2.05) is 0 Å². The molecule has 0 unspecified atom stereocenters. The molecule has 6 nitrogen and oxygen atoms in total. The van der Waals surface area contributed by atoms with Crippen molar-refractivity contribution in [2.24, 2.45) is 5.73 Å². The van der Waals surface area contributed by atoms with E-state index in [1.165, 1.54) is 96.3 Å². The van der Waals surface area contributed by atoms with E-state index in [-0.39, 0.29) is 12.8 Å². The number of rotatable bonds is 20. The molecule has 174 valence electrons. The van der Waals surface area contributed by atoms with Crippen LogP contribution in [0.4, 0.5) is 0 Å². The van der Waals surface area contributed by atoms with E-state index in [1.54, 1.807) is 0 Å². The van der Waals surface area contributed by atoms with E-state index < -0.39 is 18.0 Å². The molecule has 0 bridgehead atoms. The molecule has 0 aromatic heterocycles. The third-order valence-corrected chi connectivity index (χ3v) is 5.00. The molecule has 0 aromatic rings. The standard InChI is InChI=1S/C18H38O.C5H9NO4/c1-2-3-4-5-6-7-8-9-10-11-12-13-14-15-16-17-18-19;6-3(5(9)10)1-2-4(7)8/h19H,2-18H2,1H3;3H,1-2,6H2,(H,7,8)(H,9,10)/t;3-/m.0/s1. The van der Waals surface area contributed by atoms with Crippen LogP contribution < -0.4 is 5.73 Å². The Morgan fingerprint density at radius 2 is 1.03 bits per heavy atom. The molecule has 0 spiro atoms. The quantitative estimate of drug-likeness (QED) is 0.194. The van der Waals surface area contributed by atoms with Gasteiger partial charge in [-0.2, -0.15) is 0 Å². The van der Waals surface area contributed by atoms with Crippen molar-refractivity contribution < 1.29 is 24.9 Å². The molecule has 0 heterocycles. The molecule has 0 fully saturated rings.